The number of carbonyl (C=O) groups is 1. The standard InChI is InChI=1S/C26H26ClN3O5S/c1-13-3-9-17(10-4-13)30-24(34)20-14(2)29-25(36-26-23(33)22(32)19(31)12-35-26)18(11-28)21(20)15-5-7-16(27)8-6-15/h3-10,19,21-23,26,29,31-33H,12H2,1-2H3,(H,30,34)/t19-,21?,22+,23-,26+/m1/s1. The maximum Gasteiger partial charge on any atom is 0.254 e. The van der Waals surface area contributed by atoms with Gasteiger partial charge in [-0.15, -0.1) is 0 Å². The van der Waals surface area contributed by atoms with Crippen molar-refractivity contribution in [1.29, 1.82) is 5.26 Å². The molecule has 1 fully saturated rings. The van der Waals surface area contributed by atoms with Gasteiger partial charge in [-0.05, 0) is 43.7 Å². The fourth-order valence-corrected chi connectivity index (χ4v) is 5.44. The Morgan fingerprint density at radius 1 is 1.11 bits per heavy atom. The van der Waals surface area contributed by atoms with E-state index >= 15 is 0 Å². The minimum Gasteiger partial charge on any atom is -0.388 e. The minimum absolute atomic E-state index is 0.162. The first kappa shape index (κ1) is 26.2. The molecule has 0 aromatic heterocycles. The summed E-state index contributed by atoms with van der Waals surface area (Å²) in [6, 6.07) is 16.5. The quantitative estimate of drug-likeness (QED) is 0.400. The SMILES string of the molecule is CC1=C(C(=O)Nc2ccc(C)cc2)C(c2ccc(Cl)cc2)C(C#N)=C(S[C@@H]2OC[C@@H](O)[C@H](O)[C@H]2O)N1. The maximum atomic E-state index is 13.5. The van der Waals surface area contributed by atoms with Crippen LogP contribution in [0.4, 0.5) is 5.69 Å². The predicted molar refractivity (Wildman–Crippen MR) is 138 cm³/mol. The van der Waals surface area contributed by atoms with Crippen molar-refractivity contribution in [1.82, 2.24) is 5.32 Å². The van der Waals surface area contributed by atoms with Crippen LogP contribution in [-0.2, 0) is 9.53 Å². The number of benzene rings is 2. The number of nitrogens with zero attached hydrogens (tertiary/aromatic N) is 1. The number of aliphatic hydroxyl groups is 3. The maximum absolute atomic E-state index is 13.5. The molecule has 0 saturated carbocycles. The lowest BCUT2D eigenvalue weighted by molar-refractivity contribution is -0.161. The van der Waals surface area contributed by atoms with E-state index in [4.69, 9.17) is 16.3 Å². The zero-order chi connectivity index (χ0) is 26.0. The van der Waals surface area contributed by atoms with Gasteiger partial charge in [0.25, 0.3) is 5.91 Å². The molecule has 2 aliphatic rings. The molecule has 0 radical (unpaired) electrons. The number of nitriles is 1. The van der Waals surface area contributed by atoms with Crippen molar-refractivity contribution in [3.8, 4) is 6.07 Å². The number of anilines is 1. The summed E-state index contributed by atoms with van der Waals surface area (Å²) in [4.78, 5) is 13.5. The van der Waals surface area contributed by atoms with Gasteiger partial charge >= 0.3 is 0 Å². The molecule has 8 nitrogen and oxygen atoms in total. The molecule has 1 saturated heterocycles. The number of hydrogen-bond acceptors (Lipinski definition) is 8. The third kappa shape index (κ3) is 5.44. The number of aryl methyl sites for hydroxylation is 1. The van der Waals surface area contributed by atoms with Crippen LogP contribution < -0.4 is 10.6 Å². The third-order valence-corrected chi connectivity index (χ3v) is 7.55. The van der Waals surface area contributed by atoms with E-state index in [0.29, 0.717) is 32.6 Å². The van der Waals surface area contributed by atoms with Crippen LogP contribution in [0.2, 0.25) is 5.02 Å². The first-order valence-corrected chi connectivity index (χ1v) is 12.5. The summed E-state index contributed by atoms with van der Waals surface area (Å²) < 4.78 is 5.53. The highest BCUT2D eigenvalue weighted by molar-refractivity contribution is 8.03. The van der Waals surface area contributed by atoms with E-state index in [9.17, 15) is 25.4 Å². The molecule has 0 spiro atoms. The summed E-state index contributed by atoms with van der Waals surface area (Å²) >= 11 is 7.12. The van der Waals surface area contributed by atoms with Crippen molar-refractivity contribution < 1.29 is 24.9 Å². The second-order valence-corrected chi connectivity index (χ2v) is 10.2. The van der Waals surface area contributed by atoms with Gasteiger partial charge in [-0.3, -0.25) is 4.79 Å². The van der Waals surface area contributed by atoms with Crippen LogP contribution in [0.5, 0.6) is 0 Å². The summed E-state index contributed by atoms with van der Waals surface area (Å²) in [5, 5.41) is 47.4. The molecule has 2 aromatic carbocycles. The molecular formula is C26H26ClN3O5S. The Bertz CT molecular complexity index is 1240. The van der Waals surface area contributed by atoms with E-state index in [1.165, 1.54) is 0 Å². The van der Waals surface area contributed by atoms with E-state index in [0.717, 1.165) is 17.3 Å². The molecule has 1 amide bonds. The van der Waals surface area contributed by atoms with Gasteiger partial charge in [-0.1, -0.05) is 53.2 Å². The summed E-state index contributed by atoms with van der Waals surface area (Å²) in [7, 11) is 0. The molecule has 0 aliphatic carbocycles. The number of allylic oxidation sites excluding steroid dienone is 2. The van der Waals surface area contributed by atoms with Crippen LogP contribution in [0.15, 0.2) is 70.4 Å². The number of rotatable bonds is 5. The van der Waals surface area contributed by atoms with Crippen molar-refractivity contribution in [3.63, 3.8) is 0 Å². The first-order chi connectivity index (χ1) is 17.2. The second-order valence-electron chi connectivity index (χ2n) is 8.69. The number of dihydropyridines is 1. The Labute approximate surface area is 218 Å². The molecule has 5 N–H and O–H groups in total. The van der Waals surface area contributed by atoms with Gasteiger partial charge in [0.1, 0.15) is 23.7 Å². The molecule has 0 bridgehead atoms. The molecule has 2 heterocycles. The average molecular weight is 528 g/mol. The Hall–Kier alpha value is -2.84. The monoisotopic (exact) mass is 527 g/mol. The van der Waals surface area contributed by atoms with Gasteiger partial charge in [0, 0.05) is 22.0 Å². The van der Waals surface area contributed by atoms with Crippen molar-refractivity contribution >= 4 is 35.0 Å². The molecule has 10 heteroatoms. The minimum atomic E-state index is -1.38. The number of thioether (sulfide) groups is 1. The van der Waals surface area contributed by atoms with Gasteiger partial charge in [0.2, 0.25) is 0 Å². The third-order valence-electron chi connectivity index (χ3n) is 6.09. The lowest BCUT2D eigenvalue weighted by Crippen LogP contribution is -2.51. The van der Waals surface area contributed by atoms with E-state index in [2.05, 4.69) is 16.7 Å². The smallest absolute Gasteiger partial charge is 0.254 e. The van der Waals surface area contributed by atoms with E-state index in [-0.39, 0.29) is 18.1 Å². The first-order valence-electron chi connectivity index (χ1n) is 11.3. The molecule has 1 unspecified atom stereocenters. The highest BCUT2D eigenvalue weighted by Crippen LogP contribution is 2.43. The number of amides is 1. The number of halogens is 1. The number of hydrogen-bond donors (Lipinski definition) is 5. The lowest BCUT2D eigenvalue weighted by Gasteiger charge is -2.36. The topological polar surface area (TPSA) is 135 Å². The average Bonchev–Trinajstić information content (AvgIpc) is 2.86. The van der Waals surface area contributed by atoms with E-state index < -0.39 is 29.7 Å². The zero-order valence-electron chi connectivity index (χ0n) is 19.6. The Kier molecular flexibility index (Phi) is 8.05. The highest BCUT2D eigenvalue weighted by Gasteiger charge is 2.41. The summed E-state index contributed by atoms with van der Waals surface area (Å²) in [6.45, 7) is 3.53. The normalized spacial score (nSPS) is 26.3. The number of ether oxygens (including phenoxy) is 1. The van der Waals surface area contributed by atoms with Gasteiger partial charge < -0.3 is 30.7 Å². The Balaban J connectivity index is 1.72. The molecular weight excluding hydrogens is 502 g/mol. The number of nitrogens with one attached hydrogen (secondary N) is 2. The lowest BCUT2D eigenvalue weighted by atomic mass is 9.82. The highest BCUT2D eigenvalue weighted by atomic mass is 35.5. The molecule has 5 atom stereocenters. The molecule has 2 aliphatic heterocycles. The van der Waals surface area contributed by atoms with Crippen LogP contribution >= 0.6 is 23.4 Å². The van der Waals surface area contributed by atoms with Gasteiger partial charge in [-0.25, -0.2) is 0 Å². The van der Waals surface area contributed by atoms with Crippen molar-refractivity contribution in [2.45, 2.75) is 43.5 Å². The molecule has 2 aromatic rings. The number of aliphatic hydroxyl groups excluding tert-OH is 3. The van der Waals surface area contributed by atoms with E-state index in [1.807, 2.05) is 19.1 Å². The van der Waals surface area contributed by atoms with Crippen LogP contribution in [0.25, 0.3) is 0 Å². The van der Waals surface area contributed by atoms with Gasteiger partial charge in [0.05, 0.1) is 29.2 Å². The fourth-order valence-electron chi connectivity index (χ4n) is 4.13. The van der Waals surface area contributed by atoms with Gasteiger partial charge in [-0.2, -0.15) is 5.26 Å². The van der Waals surface area contributed by atoms with Crippen molar-refractivity contribution in [3.05, 3.63) is 86.6 Å². The summed E-state index contributed by atoms with van der Waals surface area (Å²) in [5.41, 5.74) is 2.56. The largest absolute Gasteiger partial charge is 0.388 e. The second kappa shape index (κ2) is 11.0. The molecule has 188 valence electrons. The van der Waals surface area contributed by atoms with E-state index in [1.54, 1.807) is 43.3 Å². The van der Waals surface area contributed by atoms with Crippen LogP contribution in [-0.4, -0.2) is 51.6 Å². The van der Waals surface area contributed by atoms with Crippen molar-refractivity contribution in [2.75, 3.05) is 11.9 Å². The van der Waals surface area contributed by atoms with Crippen LogP contribution in [0.3, 0.4) is 0 Å². The number of carbonyl (C=O) groups excluding carboxylic acids is 1. The Morgan fingerprint density at radius 3 is 2.42 bits per heavy atom. The van der Waals surface area contributed by atoms with Crippen molar-refractivity contribution in [2.24, 2.45) is 0 Å². The van der Waals surface area contributed by atoms with Crippen LogP contribution in [0, 0.1) is 18.3 Å². The van der Waals surface area contributed by atoms with Crippen LogP contribution in [0.1, 0.15) is 24.0 Å². The summed E-state index contributed by atoms with van der Waals surface area (Å²) in [5.74, 6) is -1.09. The fraction of sp³-hybridized carbons (Fsp3) is 0.308. The zero-order valence-corrected chi connectivity index (χ0v) is 21.2. The predicted octanol–water partition coefficient (Wildman–Crippen LogP) is 3.16. The Morgan fingerprint density at radius 2 is 1.78 bits per heavy atom. The molecule has 36 heavy (non-hydrogen) atoms. The van der Waals surface area contributed by atoms with Gasteiger partial charge in [0.15, 0.2) is 0 Å². The molecule has 4 rings (SSSR count). The summed E-state index contributed by atoms with van der Waals surface area (Å²) in [6.07, 6.45) is -3.97.